The Kier molecular flexibility index (Phi) is 4.50. The number of ether oxygens (including phenoxy) is 1. The van der Waals surface area contributed by atoms with Crippen LogP contribution in [0.15, 0.2) is 24.3 Å². The third-order valence-corrected chi connectivity index (χ3v) is 3.93. The molecule has 0 aromatic heterocycles. The number of carboxylic acid groups (broad SMARTS) is 1. The molecule has 1 amide bonds. The molecule has 5 heteroatoms. The van der Waals surface area contributed by atoms with Gasteiger partial charge in [0, 0.05) is 6.04 Å². The zero-order chi connectivity index (χ0) is 15.6. The molecule has 1 N–H and O–H groups in total. The summed E-state index contributed by atoms with van der Waals surface area (Å²) in [6.45, 7) is 3.37. The van der Waals surface area contributed by atoms with Crippen molar-refractivity contribution in [3.63, 3.8) is 0 Å². The Bertz CT molecular complexity index is 539. The zero-order valence-electron chi connectivity index (χ0n) is 12.6. The van der Waals surface area contributed by atoms with Crippen LogP contribution in [-0.2, 0) is 9.59 Å². The number of nitrogens with zero attached hydrogens (tertiary/aromatic N) is 1. The van der Waals surface area contributed by atoms with Gasteiger partial charge in [0.25, 0.3) is 0 Å². The highest BCUT2D eigenvalue weighted by atomic mass is 16.5. The standard InChI is InChI=1S/C16H21NO4/c1-10(12-5-4-6-14(9-12)21-3)15(18)17(13-7-8-13)11(2)16(19)20/h4-6,9-11,13H,7-8H2,1-3H3,(H,19,20). The van der Waals surface area contributed by atoms with Crippen LogP contribution >= 0.6 is 0 Å². The highest BCUT2D eigenvalue weighted by Crippen LogP contribution is 2.32. The van der Waals surface area contributed by atoms with Crippen molar-refractivity contribution in [2.75, 3.05) is 7.11 Å². The van der Waals surface area contributed by atoms with Crippen LogP contribution < -0.4 is 4.74 Å². The predicted octanol–water partition coefficient (Wildman–Crippen LogP) is 2.26. The van der Waals surface area contributed by atoms with E-state index in [0.717, 1.165) is 18.4 Å². The zero-order valence-corrected chi connectivity index (χ0v) is 12.6. The summed E-state index contributed by atoms with van der Waals surface area (Å²) in [5.41, 5.74) is 0.836. The summed E-state index contributed by atoms with van der Waals surface area (Å²) in [6, 6.07) is 6.61. The Morgan fingerprint density at radius 2 is 2.00 bits per heavy atom. The molecule has 1 saturated carbocycles. The molecule has 21 heavy (non-hydrogen) atoms. The van der Waals surface area contributed by atoms with Crippen LogP contribution in [0.1, 0.15) is 38.2 Å². The first-order valence-corrected chi connectivity index (χ1v) is 7.14. The number of hydrogen-bond donors (Lipinski definition) is 1. The highest BCUT2D eigenvalue weighted by Gasteiger charge is 2.40. The van der Waals surface area contributed by atoms with Crippen LogP contribution in [0.2, 0.25) is 0 Å². The lowest BCUT2D eigenvalue weighted by Gasteiger charge is -2.29. The molecule has 0 aliphatic heterocycles. The van der Waals surface area contributed by atoms with E-state index in [-0.39, 0.29) is 17.9 Å². The molecule has 1 aromatic rings. The molecule has 1 aromatic carbocycles. The largest absolute Gasteiger partial charge is 0.497 e. The van der Waals surface area contributed by atoms with Crippen molar-refractivity contribution in [2.45, 2.75) is 44.7 Å². The lowest BCUT2D eigenvalue weighted by molar-refractivity contribution is -0.150. The van der Waals surface area contributed by atoms with E-state index in [1.165, 1.54) is 4.90 Å². The summed E-state index contributed by atoms with van der Waals surface area (Å²) in [6.07, 6.45) is 1.77. The molecule has 2 atom stereocenters. The maximum Gasteiger partial charge on any atom is 0.326 e. The van der Waals surface area contributed by atoms with Crippen molar-refractivity contribution in [3.8, 4) is 5.75 Å². The molecule has 0 spiro atoms. The molecule has 2 rings (SSSR count). The topological polar surface area (TPSA) is 66.8 Å². The fourth-order valence-electron chi connectivity index (χ4n) is 2.44. The van der Waals surface area contributed by atoms with Crippen molar-refractivity contribution in [3.05, 3.63) is 29.8 Å². The van der Waals surface area contributed by atoms with Crippen molar-refractivity contribution in [1.82, 2.24) is 4.90 Å². The smallest absolute Gasteiger partial charge is 0.326 e. The monoisotopic (exact) mass is 291 g/mol. The van der Waals surface area contributed by atoms with Crippen LogP contribution in [0.5, 0.6) is 5.75 Å². The van der Waals surface area contributed by atoms with Gasteiger partial charge in [-0.25, -0.2) is 4.79 Å². The molecule has 1 aliphatic carbocycles. The summed E-state index contributed by atoms with van der Waals surface area (Å²) >= 11 is 0. The van der Waals surface area contributed by atoms with Gasteiger partial charge >= 0.3 is 5.97 Å². The van der Waals surface area contributed by atoms with Gasteiger partial charge in [-0.15, -0.1) is 0 Å². The first kappa shape index (κ1) is 15.4. The van der Waals surface area contributed by atoms with E-state index < -0.39 is 12.0 Å². The first-order valence-electron chi connectivity index (χ1n) is 7.14. The number of rotatable bonds is 6. The molecule has 0 radical (unpaired) electrons. The van der Waals surface area contributed by atoms with Gasteiger partial charge in [0.15, 0.2) is 0 Å². The lowest BCUT2D eigenvalue weighted by atomic mass is 9.98. The second-order valence-corrected chi connectivity index (χ2v) is 5.49. The molecule has 0 heterocycles. The minimum absolute atomic E-state index is 0.0663. The fraction of sp³-hybridized carbons (Fsp3) is 0.500. The maximum atomic E-state index is 12.7. The first-order chi connectivity index (χ1) is 9.95. The number of carboxylic acids is 1. The summed E-state index contributed by atoms with van der Waals surface area (Å²) in [4.78, 5) is 25.4. The maximum absolute atomic E-state index is 12.7. The number of carbonyl (C=O) groups is 2. The van der Waals surface area contributed by atoms with Crippen LogP contribution in [0.25, 0.3) is 0 Å². The summed E-state index contributed by atoms with van der Waals surface area (Å²) < 4.78 is 5.17. The Morgan fingerprint density at radius 1 is 1.33 bits per heavy atom. The minimum Gasteiger partial charge on any atom is -0.497 e. The van der Waals surface area contributed by atoms with Crippen molar-refractivity contribution < 1.29 is 19.4 Å². The quantitative estimate of drug-likeness (QED) is 0.873. The third kappa shape index (κ3) is 3.35. The van der Waals surface area contributed by atoms with Gasteiger partial charge in [0.2, 0.25) is 5.91 Å². The van der Waals surface area contributed by atoms with E-state index >= 15 is 0 Å². The number of benzene rings is 1. The number of carbonyl (C=O) groups excluding carboxylic acids is 1. The van der Waals surface area contributed by atoms with Crippen molar-refractivity contribution in [2.24, 2.45) is 0 Å². The minimum atomic E-state index is -0.965. The Balaban J connectivity index is 2.21. The Hall–Kier alpha value is -2.04. The van der Waals surface area contributed by atoms with E-state index in [2.05, 4.69) is 0 Å². The molecule has 0 bridgehead atoms. The predicted molar refractivity (Wildman–Crippen MR) is 78.4 cm³/mol. The van der Waals surface area contributed by atoms with Crippen LogP contribution in [-0.4, -0.2) is 41.1 Å². The van der Waals surface area contributed by atoms with E-state index in [1.807, 2.05) is 24.3 Å². The number of hydrogen-bond acceptors (Lipinski definition) is 3. The highest BCUT2D eigenvalue weighted by molar-refractivity contribution is 5.88. The fourth-order valence-corrected chi connectivity index (χ4v) is 2.44. The number of amides is 1. The van der Waals surface area contributed by atoms with Crippen molar-refractivity contribution >= 4 is 11.9 Å². The molecule has 0 saturated heterocycles. The van der Waals surface area contributed by atoms with Crippen LogP contribution in [0.4, 0.5) is 0 Å². The normalized spacial score (nSPS) is 16.9. The molecule has 1 fully saturated rings. The van der Waals surface area contributed by atoms with Gasteiger partial charge < -0.3 is 14.7 Å². The average Bonchev–Trinajstić information content (AvgIpc) is 3.31. The summed E-state index contributed by atoms with van der Waals surface area (Å²) in [7, 11) is 1.58. The van der Waals surface area contributed by atoms with Crippen LogP contribution in [0.3, 0.4) is 0 Å². The van der Waals surface area contributed by atoms with E-state index in [4.69, 9.17) is 4.74 Å². The summed E-state index contributed by atoms with van der Waals surface area (Å²) in [5.74, 6) is -0.798. The van der Waals surface area contributed by atoms with E-state index in [0.29, 0.717) is 5.75 Å². The second-order valence-electron chi connectivity index (χ2n) is 5.49. The van der Waals surface area contributed by atoms with Gasteiger partial charge in [-0.1, -0.05) is 12.1 Å². The molecular formula is C16H21NO4. The second kappa shape index (κ2) is 6.16. The van der Waals surface area contributed by atoms with Gasteiger partial charge in [-0.2, -0.15) is 0 Å². The van der Waals surface area contributed by atoms with E-state index in [1.54, 1.807) is 21.0 Å². The number of aliphatic carboxylic acids is 1. The van der Waals surface area contributed by atoms with Crippen molar-refractivity contribution in [1.29, 1.82) is 0 Å². The molecule has 1 aliphatic rings. The Labute approximate surface area is 124 Å². The number of methoxy groups -OCH3 is 1. The summed E-state index contributed by atoms with van der Waals surface area (Å²) in [5, 5.41) is 9.20. The lowest BCUT2D eigenvalue weighted by Crippen LogP contribution is -2.46. The Morgan fingerprint density at radius 3 is 2.52 bits per heavy atom. The van der Waals surface area contributed by atoms with Gasteiger partial charge in [-0.3, -0.25) is 4.79 Å². The molecular weight excluding hydrogens is 270 g/mol. The average molecular weight is 291 g/mol. The third-order valence-electron chi connectivity index (χ3n) is 3.93. The van der Waals surface area contributed by atoms with E-state index in [9.17, 15) is 14.7 Å². The van der Waals surface area contributed by atoms with Crippen LogP contribution in [0, 0.1) is 0 Å². The molecule has 2 unspecified atom stereocenters. The van der Waals surface area contributed by atoms with Gasteiger partial charge in [0.05, 0.1) is 13.0 Å². The van der Waals surface area contributed by atoms with Gasteiger partial charge in [-0.05, 0) is 44.4 Å². The SMILES string of the molecule is COc1cccc(C(C)C(=O)N(C2CC2)C(C)C(=O)O)c1. The van der Waals surface area contributed by atoms with Gasteiger partial charge in [0.1, 0.15) is 11.8 Å². The molecule has 5 nitrogen and oxygen atoms in total. The molecule has 114 valence electrons.